The summed E-state index contributed by atoms with van der Waals surface area (Å²) in [4.78, 5) is 23.4. The minimum atomic E-state index is -0.725. The Balaban J connectivity index is 1.35. The number of carbonyl (C=O) groups is 2. The van der Waals surface area contributed by atoms with Crippen molar-refractivity contribution in [2.75, 3.05) is 5.32 Å². The molecule has 0 atom stereocenters. The average Bonchev–Trinajstić information content (AvgIpc) is 3.22. The lowest BCUT2D eigenvalue weighted by Crippen LogP contribution is -2.16. The summed E-state index contributed by atoms with van der Waals surface area (Å²) >= 11 is 1.19. The van der Waals surface area contributed by atoms with Crippen molar-refractivity contribution >= 4 is 28.3 Å². The van der Waals surface area contributed by atoms with Crippen LogP contribution in [-0.4, -0.2) is 27.2 Å². The molecule has 1 saturated carbocycles. The summed E-state index contributed by atoms with van der Waals surface area (Å²) in [5.74, 6) is -0.688. The molecule has 6 nitrogen and oxygen atoms in total. The van der Waals surface area contributed by atoms with Crippen molar-refractivity contribution in [1.82, 2.24) is 10.2 Å². The topological polar surface area (TPSA) is 92.2 Å². The van der Waals surface area contributed by atoms with Crippen molar-refractivity contribution in [3.8, 4) is 10.6 Å². The second kappa shape index (κ2) is 9.34. The Labute approximate surface area is 183 Å². The van der Waals surface area contributed by atoms with Crippen LogP contribution in [0.1, 0.15) is 53.9 Å². The van der Waals surface area contributed by atoms with Crippen LogP contribution in [0, 0.1) is 11.7 Å². The van der Waals surface area contributed by atoms with Gasteiger partial charge in [-0.05, 0) is 67.3 Å². The molecular formula is C23H22FN3O3S. The average molecular weight is 440 g/mol. The number of aromatic nitrogens is 2. The number of benzene rings is 2. The zero-order valence-corrected chi connectivity index (χ0v) is 17.6. The Bertz CT molecular complexity index is 1080. The number of carbonyl (C=O) groups excluding carboxylic acids is 1. The first kappa shape index (κ1) is 21.1. The van der Waals surface area contributed by atoms with Gasteiger partial charge in [-0.2, -0.15) is 0 Å². The number of anilines is 1. The standard InChI is InChI=1S/C23H22FN3O3S/c24-19-3-1-2-18(13-19)22-26-27-23(31-22)25-21(30)17-10-8-16(9-11-17)15-6-4-14(5-7-15)12-20(28)29/h1-3,8-11,13-15H,4-7,12H2,(H,28,29)(H,25,27,30). The van der Waals surface area contributed by atoms with Crippen LogP contribution in [0.5, 0.6) is 0 Å². The Morgan fingerprint density at radius 3 is 2.48 bits per heavy atom. The molecule has 0 saturated heterocycles. The van der Waals surface area contributed by atoms with Gasteiger partial charge in [0.15, 0.2) is 0 Å². The number of halogens is 1. The van der Waals surface area contributed by atoms with Crippen LogP contribution in [0.25, 0.3) is 10.6 Å². The largest absolute Gasteiger partial charge is 0.481 e. The van der Waals surface area contributed by atoms with Crippen molar-refractivity contribution in [2.24, 2.45) is 5.92 Å². The van der Waals surface area contributed by atoms with Gasteiger partial charge in [0.2, 0.25) is 5.13 Å². The summed E-state index contributed by atoms with van der Waals surface area (Å²) in [6.45, 7) is 0. The van der Waals surface area contributed by atoms with Gasteiger partial charge in [-0.3, -0.25) is 14.9 Å². The Kier molecular flexibility index (Phi) is 6.36. The van der Waals surface area contributed by atoms with Gasteiger partial charge in [-0.1, -0.05) is 35.6 Å². The molecule has 0 spiro atoms. The molecular weight excluding hydrogens is 417 g/mol. The van der Waals surface area contributed by atoms with Gasteiger partial charge in [-0.15, -0.1) is 10.2 Å². The van der Waals surface area contributed by atoms with Crippen LogP contribution in [0.4, 0.5) is 9.52 Å². The van der Waals surface area contributed by atoms with Crippen molar-refractivity contribution < 1.29 is 19.1 Å². The number of carboxylic acids is 1. The van der Waals surface area contributed by atoms with Gasteiger partial charge in [0.05, 0.1) is 0 Å². The summed E-state index contributed by atoms with van der Waals surface area (Å²) in [7, 11) is 0. The van der Waals surface area contributed by atoms with Crippen LogP contribution < -0.4 is 5.32 Å². The van der Waals surface area contributed by atoms with E-state index in [1.165, 1.54) is 29.0 Å². The number of amides is 1. The molecule has 31 heavy (non-hydrogen) atoms. The van der Waals surface area contributed by atoms with Gasteiger partial charge in [-0.25, -0.2) is 4.39 Å². The first-order valence-corrected chi connectivity index (χ1v) is 11.0. The molecule has 1 heterocycles. The lowest BCUT2D eigenvalue weighted by Gasteiger charge is -2.28. The molecule has 3 aromatic rings. The van der Waals surface area contributed by atoms with E-state index in [-0.39, 0.29) is 24.1 Å². The van der Waals surface area contributed by atoms with Crippen molar-refractivity contribution in [3.05, 3.63) is 65.5 Å². The highest BCUT2D eigenvalue weighted by Gasteiger charge is 2.24. The van der Waals surface area contributed by atoms with E-state index in [1.807, 2.05) is 12.1 Å². The number of aliphatic carboxylic acids is 1. The molecule has 8 heteroatoms. The third-order valence-electron chi connectivity index (χ3n) is 5.67. The van der Waals surface area contributed by atoms with Crippen LogP contribution >= 0.6 is 11.3 Å². The van der Waals surface area contributed by atoms with E-state index < -0.39 is 5.97 Å². The third kappa shape index (κ3) is 5.32. The molecule has 160 valence electrons. The summed E-state index contributed by atoms with van der Waals surface area (Å²) in [5.41, 5.74) is 2.31. The molecule has 0 aliphatic heterocycles. The lowest BCUT2D eigenvalue weighted by atomic mass is 9.77. The van der Waals surface area contributed by atoms with Crippen molar-refractivity contribution in [3.63, 3.8) is 0 Å². The van der Waals surface area contributed by atoms with Crippen LogP contribution in [0.15, 0.2) is 48.5 Å². The fraction of sp³-hybridized carbons (Fsp3) is 0.304. The zero-order chi connectivity index (χ0) is 21.8. The van der Waals surface area contributed by atoms with Gasteiger partial charge >= 0.3 is 5.97 Å². The molecule has 0 radical (unpaired) electrons. The van der Waals surface area contributed by atoms with E-state index in [9.17, 15) is 14.0 Å². The second-order valence-corrected chi connectivity index (χ2v) is 8.79. The fourth-order valence-corrected chi connectivity index (χ4v) is 4.77. The maximum absolute atomic E-state index is 13.4. The molecule has 4 rings (SSSR count). The van der Waals surface area contributed by atoms with E-state index >= 15 is 0 Å². The highest BCUT2D eigenvalue weighted by atomic mass is 32.1. The van der Waals surface area contributed by atoms with Gasteiger partial charge in [0, 0.05) is 17.5 Å². The number of rotatable bonds is 6. The minimum Gasteiger partial charge on any atom is -0.481 e. The molecule has 1 fully saturated rings. The van der Waals surface area contributed by atoms with E-state index in [0.717, 1.165) is 25.7 Å². The van der Waals surface area contributed by atoms with Gasteiger partial charge < -0.3 is 5.11 Å². The smallest absolute Gasteiger partial charge is 0.303 e. The maximum atomic E-state index is 13.4. The Hall–Kier alpha value is -3.13. The molecule has 2 aromatic carbocycles. The predicted octanol–water partition coefficient (Wildman–Crippen LogP) is 5.35. The van der Waals surface area contributed by atoms with Crippen LogP contribution in [-0.2, 0) is 4.79 Å². The van der Waals surface area contributed by atoms with Crippen LogP contribution in [0.3, 0.4) is 0 Å². The highest BCUT2D eigenvalue weighted by molar-refractivity contribution is 7.18. The van der Waals surface area contributed by atoms with E-state index in [4.69, 9.17) is 5.11 Å². The number of hydrogen-bond donors (Lipinski definition) is 2. The highest BCUT2D eigenvalue weighted by Crippen LogP contribution is 2.37. The molecule has 1 amide bonds. The molecule has 0 bridgehead atoms. The Morgan fingerprint density at radius 1 is 1.06 bits per heavy atom. The van der Waals surface area contributed by atoms with E-state index in [2.05, 4.69) is 15.5 Å². The first-order valence-electron chi connectivity index (χ1n) is 10.2. The molecule has 1 aliphatic rings. The number of nitrogens with zero attached hydrogens (tertiary/aromatic N) is 2. The normalized spacial score (nSPS) is 18.5. The summed E-state index contributed by atoms with van der Waals surface area (Å²) < 4.78 is 13.4. The summed E-state index contributed by atoms with van der Waals surface area (Å²) in [6, 6.07) is 13.6. The molecule has 2 N–H and O–H groups in total. The molecule has 1 aromatic heterocycles. The number of hydrogen-bond acceptors (Lipinski definition) is 5. The molecule has 1 aliphatic carbocycles. The molecule has 0 unspecified atom stereocenters. The maximum Gasteiger partial charge on any atom is 0.303 e. The first-order chi connectivity index (χ1) is 15.0. The lowest BCUT2D eigenvalue weighted by molar-refractivity contribution is -0.138. The number of carboxylic acid groups (broad SMARTS) is 1. The summed E-state index contributed by atoms with van der Waals surface area (Å²) in [5, 5.41) is 20.6. The van der Waals surface area contributed by atoms with Gasteiger partial charge in [0.1, 0.15) is 10.8 Å². The SMILES string of the molecule is O=C(O)CC1CCC(c2ccc(C(=O)Nc3nnc(-c4cccc(F)c4)s3)cc2)CC1. The Morgan fingerprint density at radius 2 is 1.81 bits per heavy atom. The van der Waals surface area contributed by atoms with Gasteiger partial charge in [0.25, 0.3) is 5.91 Å². The minimum absolute atomic E-state index is 0.248. The zero-order valence-electron chi connectivity index (χ0n) is 16.8. The number of nitrogens with one attached hydrogen (secondary N) is 1. The summed E-state index contributed by atoms with van der Waals surface area (Å²) in [6.07, 6.45) is 4.03. The van der Waals surface area contributed by atoms with E-state index in [1.54, 1.807) is 24.3 Å². The quantitative estimate of drug-likeness (QED) is 0.540. The monoisotopic (exact) mass is 439 g/mol. The predicted molar refractivity (Wildman–Crippen MR) is 117 cm³/mol. The van der Waals surface area contributed by atoms with E-state index in [0.29, 0.717) is 27.2 Å². The fourth-order valence-electron chi connectivity index (χ4n) is 4.03. The van der Waals surface area contributed by atoms with Crippen LogP contribution in [0.2, 0.25) is 0 Å². The third-order valence-corrected chi connectivity index (χ3v) is 6.56. The second-order valence-electron chi connectivity index (χ2n) is 7.81. The van der Waals surface area contributed by atoms with Crippen molar-refractivity contribution in [1.29, 1.82) is 0 Å². The van der Waals surface area contributed by atoms with Crippen molar-refractivity contribution in [2.45, 2.75) is 38.0 Å².